The molecule has 1 fully saturated rings. The number of nitrogens with zero attached hydrogens (tertiary/aromatic N) is 1. The first-order valence-electron chi connectivity index (χ1n) is 9.61. The van der Waals surface area contributed by atoms with Gasteiger partial charge in [-0.25, -0.2) is 4.79 Å². The maximum atomic E-state index is 12.3. The second-order valence-electron chi connectivity index (χ2n) is 7.96. The van der Waals surface area contributed by atoms with Gasteiger partial charge in [-0.1, -0.05) is 13.8 Å². The van der Waals surface area contributed by atoms with Gasteiger partial charge in [0.05, 0.1) is 0 Å². The maximum absolute atomic E-state index is 12.3. The summed E-state index contributed by atoms with van der Waals surface area (Å²) in [6.45, 7) is 12.8. The Labute approximate surface area is 156 Å². The van der Waals surface area contributed by atoms with E-state index in [4.69, 9.17) is 4.74 Å². The van der Waals surface area contributed by atoms with Gasteiger partial charge in [0.2, 0.25) is 0 Å². The monoisotopic (exact) mass is 366 g/mol. The fourth-order valence-corrected chi connectivity index (χ4v) is 4.30. The summed E-state index contributed by atoms with van der Waals surface area (Å²) in [6, 6.07) is 4.94. The van der Waals surface area contributed by atoms with Crippen LogP contribution in [0.1, 0.15) is 57.2 Å². The Morgan fingerprint density at radius 2 is 2.08 bits per heavy atom. The molecule has 1 aromatic rings. The molecule has 1 aromatic heterocycles. The molecule has 0 bridgehead atoms. The number of carbonyl (C=O) groups excluding carboxylic acids is 1. The minimum Gasteiger partial charge on any atom is -0.444 e. The summed E-state index contributed by atoms with van der Waals surface area (Å²) >= 11 is 1.92. The van der Waals surface area contributed by atoms with Crippen molar-refractivity contribution in [1.29, 1.82) is 0 Å². The summed E-state index contributed by atoms with van der Waals surface area (Å²) in [5.41, 5.74) is -0.428. The minimum absolute atomic E-state index is 0.173. The smallest absolute Gasteiger partial charge is 0.410 e. The summed E-state index contributed by atoms with van der Waals surface area (Å²) in [5.74, 6) is 0.492. The van der Waals surface area contributed by atoms with Crippen molar-refractivity contribution in [2.45, 2.75) is 71.9 Å². The number of rotatable bonds is 7. The highest BCUT2D eigenvalue weighted by Crippen LogP contribution is 2.26. The van der Waals surface area contributed by atoms with E-state index in [0.717, 1.165) is 45.3 Å². The lowest BCUT2D eigenvalue weighted by atomic mass is 9.95. The molecule has 1 N–H and O–H groups in total. The van der Waals surface area contributed by atoms with Crippen LogP contribution in [0.3, 0.4) is 0 Å². The Kier molecular flexibility index (Phi) is 7.32. The first-order chi connectivity index (χ1) is 11.8. The zero-order valence-electron chi connectivity index (χ0n) is 16.4. The lowest BCUT2D eigenvalue weighted by Crippen LogP contribution is -2.41. The minimum atomic E-state index is -0.428. The van der Waals surface area contributed by atoms with Crippen LogP contribution in [0.2, 0.25) is 0 Å². The summed E-state index contributed by atoms with van der Waals surface area (Å²) in [5, 5.41) is 3.72. The van der Waals surface area contributed by atoms with Crippen molar-refractivity contribution < 1.29 is 9.53 Å². The summed E-state index contributed by atoms with van der Waals surface area (Å²) in [4.78, 5) is 17.1. The molecule has 2 atom stereocenters. The molecule has 5 heteroatoms. The predicted molar refractivity (Wildman–Crippen MR) is 105 cm³/mol. The van der Waals surface area contributed by atoms with E-state index in [1.807, 2.05) is 37.0 Å². The van der Waals surface area contributed by atoms with E-state index in [1.165, 1.54) is 9.75 Å². The molecule has 0 aromatic carbocycles. The standard InChI is InChI=1S/C20H34N2O2S/c1-6-11-21-18(13-17-9-8-16(7-2)25-17)15-10-12-22(14-15)19(23)24-20(3,4)5/h8-9,15,18,21H,6-7,10-14H2,1-5H3. The lowest BCUT2D eigenvalue weighted by molar-refractivity contribution is 0.0285. The summed E-state index contributed by atoms with van der Waals surface area (Å²) < 4.78 is 5.54. The number of hydrogen-bond donors (Lipinski definition) is 1. The Morgan fingerprint density at radius 3 is 2.68 bits per heavy atom. The number of amides is 1. The quantitative estimate of drug-likeness (QED) is 0.774. The molecule has 2 heterocycles. The zero-order chi connectivity index (χ0) is 18.4. The van der Waals surface area contributed by atoms with Crippen molar-refractivity contribution >= 4 is 17.4 Å². The molecule has 1 amide bonds. The molecule has 0 radical (unpaired) electrons. The average molecular weight is 367 g/mol. The average Bonchev–Trinajstić information content (AvgIpc) is 3.18. The Hall–Kier alpha value is -1.07. The van der Waals surface area contributed by atoms with Gasteiger partial charge in [-0.05, 0) is 71.0 Å². The first-order valence-corrected chi connectivity index (χ1v) is 10.4. The van der Waals surface area contributed by atoms with Crippen molar-refractivity contribution in [2.24, 2.45) is 5.92 Å². The molecule has 142 valence electrons. The SMILES string of the molecule is CCCNC(Cc1ccc(CC)s1)C1CCN(C(=O)OC(C)(C)C)C1. The van der Waals surface area contributed by atoms with E-state index < -0.39 is 5.60 Å². The van der Waals surface area contributed by atoms with Crippen LogP contribution in [0.15, 0.2) is 12.1 Å². The van der Waals surface area contributed by atoms with Gasteiger partial charge in [0.1, 0.15) is 5.60 Å². The highest BCUT2D eigenvalue weighted by atomic mass is 32.1. The molecular formula is C20H34N2O2S. The number of nitrogens with one attached hydrogen (secondary N) is 1. The second kappa shape index (κ2) is 9.04. The highest BCUT2D eigenvalue weighted by molar-refractivity contribution is 7.11. The molecule has 0 spiro atoms. The van der Waals surface area contributed by atoms with E-state index in [0.29, 0.717) is 12.0 Å². The van der Waals surface area contributed by atoms with Crippen molar-refractivity contribution in [3.8, 4) is 0 Å². The van der Waals surface area contributed by atoms with Crippen LogP contribution in [0.4, 0.5) is 4.79 Å². The molecule has 0 aliphatic carbocycles. The predicted octanol–water partition coefficient (Wildman–Crippen LogP) is 4.48. The van der Waals surface area contributed by atoms with Crippen molar-refractivity contribution in [3.63, 3.8) is 0 Å². The van der Waals surface area contributed by atoms with E-state index >= 15 is 0 Å². The van der Waals surface area contributed by atoms with Crippen LogP contribution in [0.25, 0.3) is 0 Å². The van der Waals surface area contributed by atoms with Gasteiger partial charge < -0.3 is 15.0 Å². The first kappa shape index (κ1) is 20.2. The number of hydrogen-bond acceptors (Lipinski definition) is 4. The largest absolute Gasteiger partial charge is 0.444 e. The fraction of sp³-hybridized carbons (Fsp3) is 0.750. The van der Waals surface area contributed by atoms with Gasteiger partial charge in [-0.2, -0.15) is 0 Å². The van der Waals surface area contributed by atoms with Crippen LogP contribution in [-0.2, 0) is 17.6 Å². The van der Waals surface area contributed by atoms with E-state index in [2.05, 4.69) is 31.3 Å². The number of thiophene rings is 1. The van der Waals surface area contributed by atoms with Gasteiger partial charge >= 0.3 is 6.09 Å². The number of likely N-dealkylation sites (tertiary alicyclic amines) is 1. The normalized spacial score (nSPS) is 19.2. The Morgan fingerprint density at radius 1 is 1.36 bits per heavy atom. The number of aryl methyl sites for hydroxylation is 1. The van der Waals surface area contributed by atoms with Crippen LogP contribution in [0, 0.1) is 5.92 Å². The Bertz CT molecular complexity index is 550. The second-order valence-corrected chi connectivity index (χ2v) is 9.21. The third kappa shape index (κ3) is 6.30. The molecule has 0 saturated carbocycles. The zero-order valence-corrected chi connectivity index (χ0v) is 17.2. The van der Waals surface area contributed by atoms with Crippen LogP contribution in [-0.4, -0.2) is 42.3 Å². The Balaban J connectivity index is 1.97. The molecule has 25 heavy (non-hydrogen) atoms. The van der Waals surface area contributed by atoms with Crippen molar-refractivity contribution in [2.75, 3.05) is 19.6 Å². The molecular weight excluding hydrogens is 332 g/mol. The van der Waals surface area contributed by atoms with Gasteiger partial charge in [0.25, 0.3) is 0 Å². The molecule has 1 aliphatic heterocycles. The van der Waals surface area contributed by atoms with Gasteiger partial charge in [0, 0.05) is 28.9 Å². The van der Waals surface area contributed by atoms with E-state index in [-0.39, 0.29) is 6.09 Å². The van der Waals surface area contributed by atoms with Crippen LogP contribution < -0.4 is 5.32 Å². The van der Waals surface area contributed by atoms with Crippen LogP contribution in [0.5, 0.6) is 0 Å². The molecule has 1 saturated heterocycles. The van der Waals surface area contributed by atoms with Crippen molar-refractivity contribution in [3.05, 3.63) is 21.9 Å². The van der Waals surface area contributed by atoms with Gasteiger partial charge in [-0.3, -0.25) is 0 Å². The van der Waals surface area contributed by atoms with E-state index in [1.54, 1.807) is 0 Å². The highest BCUT2D eigenvalue weighted by Gasteiger charge is 2.34. The lowest BCUT2D eigenvalue weighted by Gasteiger charge is -2.26. The third-order valence-electron chi connectivity index (χ3n) is 4.59. The van der Waals surface area contributed by atoms with Gasteiger partial charge in [-0.15, -0.1) is 11.3 Å². The molecule has 1 aliphatic rings. The number of carbonyl (C=O) groups is 1. The topological polar surface area (TPSA) is 41.6 Å². The number of ether oxygens (including phenoxy) is 1. The molecule has 2 unspecified atom stereocenters. The summed E-state index contributed by atoms with van der Waals surface area (Å²) in [6.07, 6.45) is 4.16. The van der Waals surface area contributed by atoms with Crippen molar-refractivity contribution in [1.82, 2.24) is 10.2 Å². The van der Waals surface area contributed by atoms with Gasteiger partial charge in [0.15, 0.2) is 0 Å². The third-order valence-corrected chi connectivity index (χ3v) is 5.84. The van der Waals surface area contributed by atoms with Crippen LogP contribution >= 0.6 is 11.3 Å². The molecule has 2 rings (SSSR count). The van der Waals surface area contributed by atoms with E-state index in [9.17, 15) is 4.79 Å². The molecule has 4 nitrogen and oxygen atoms in total. The maximum Gasteiger partial charge on any atom is 0.410 e. The summed E-state index contributed by atoms with van der Waals surface area (Å²) in [7, 11) is 0. The fourth-order valence-electron chi connectivity index (χ4n) is 3.28.